The van der Waals surface area contributed by atoms with Crippen molar-refractivity contribution in [1.29, 1.82) is 0 Å². The molecule has 0 bridgehead atoms. The summed E-state index contributed by atoms with van der Waals surface area (Å²) in [7, 11) is 0. The molecule has 4 unspecified atom stereocenters. The smallest absolute Gasteiger partial charge is 0.101 e. The molecule has 96 valence electrons. The van der Waals surface area contributed by atoms with E-state index in [-0.39, 0.29) is 6.10 Å². The summed E-state index contributed by atoms with van der Waals surface area (Å²) in [6.07, 6.45) is 3.54. The summed E-state index contributed by atoms with van der Waals surface area (Å²) in [6, 6.07) is 4.59. The SMILES string of the molecule is CCC1CCC(NCC(O)c2cccs2)C1C. The Morgan fingerprint density at radius 2 is 2.35 bits per heavy atom. The largest absolute Gasteiger partial charge is 0.386 e. The highest BCUT2D eigenvalue weighted by molar-refractivity contribution is 7.10. The van der Waals surface area contributed by atoms with Gasteiger partial charge in [-0.1, -0.05) is 26.3 Å². The number of rotatable bonds is 5. The van der Waals surface area contributed by atoms with Gasteiger partial charge in [0.1, 0.15) is 6.10 Å². The lowest BCUT2D eigenvalue weighted by Crippen LogP contribution is -2.35. The number of aliphatic hydroxyl groups is 1. The Balaban J connectivity index is 1.79. The van der Waals surface area contributed by atoms with E-state index in [9.17, 15) is 5.11 Å². The Bertz CT molecular complexity index is 325. The molecule has 0 aromatic carbocycles. The predicted octanol–water partition coefficient (Wildman–Crippen LogP) is 3.20. The Morgan fingerprint density at radius 1 is 1.53 bits per heavy atom. The van der Waals surface area contributed by atoms with Crippen LogP contribution in [-0.4, -0.2) is 17.7 Å². The fourth-order valence-electron chi connectivity index (χ4n) is 2.96. The maximum Gasteiger partial charge on any atom is 0.101 e. The standard InChI is InChI=1S/C14H23NOS/c1-3-11-6-7-12(10(11)2)15-9-13(16)14-5-4-8-17-14/h4-5,8,10-13,15-16H,3,6-7,9H2,1-2H3. The van der Waals surface area contributed by atoms with Crippen molar-refractivity contribution in [2.45, 2.75) is 45.3 Å². The van der Waals surface area contributed by atoms with Crippen LogP contribution in [0.5, 0.6) is 0 Å². The molecule has 1 fully saturated rings. The summed E-state index contributed by atoms with van der Waals surface area (Å²) in [4.78, 5) is 1.06. The van der Waals surface area contributed by atoms with Crippen LogP contribution in [0.4, 0.5) is 0 Å². The second-order valence-electron chi connectivity index (χ2n) is 5.15. The van der Waals surface area contributed by atoms with Crippen LogP contribution in [-0.2, 0) is 0 Å². The third-order valence-corrected chi connectivity index (χ3v) is 5.17. The molecule has 1 saturated carbocycles. The summed E-state index contributed by atoms with van der Waals surface area (Å²) in [6.45, 7) is 5.31. The van der Waals surface area contributed by atoms with Crippen LogP contribution in [0.1, 0.15) is 44.1 Å². The maximum absolute atomic E-state index is 10.0. The first-order valence-electron chi connectivity index (χ1n) is 6.67. The monoisotopic (exact) mass is 253 g/mol. The van der Waals surface area contributed by atoms with Crippen LogP contribution in [0.2, 0.25) is 0 Å². The van der Waals surface area contributed by atoms with E-state index in [0.29, 0.717) is 12.6 Å². The molecule has 1 aromatic heterocycles. The first kappa shape index (κ1) is 13.1. The Morgan fingerprint density at radius 3 is 2.94 bits per heavy atom. The molecular formula is C14H23NOS. The number of hydrogen-bond donors (Lipinski definition) is 2. The lowest BCUT2D eigenvalue weighted by atomic mass is 9.93. The molecule has 2 nitrogen and oxygen atoms in total. The average molecular weight is 253 g/mol. The molecule has 1 aliphatic rings. The van der Waals surface area contributed by atoms with Crippen molar-refractivity contribution in [1.82, 2.24) is 5.32 Å². The van der Waals surface area contributed by atoms with Gasteiger partial charge in [0.05, 0.1) is 0 Å². The summed E-state index contributed by atoms with van der Waals surface area (Å²) in [5.41, 5.74) is 0. The topological polar surface area (TPSA) is 32.3 Å². The summed E-state index contributed by atoms with van der Waals surface area (Å²) >= 11 is 1.63. The average Bonchev–Trinajstić information content (AvgIpc) is 2.96. The highest BCUT2D eigenvalue weighted by atomic mass is 32.1. The maximum atomic E-state index is 10.0. The van der Waals surface area contributed by atoms with Crippen LogP contribution in [0.15, 0.2) is 17.5 Å². The molecule has 3 heteroatoms. The number of hydrogen-bond acceptors (Lipinski definition) is 3. The third kappa shape index (κ3) is 3.09. The normalized spacial score (nSPS) is 30.6. The van der Waals surface area contributed by atoms with Crippen LogP contribution < -0.4 is 5.32 Å². The molecule has 17 heavy (non-hydrogen) atoms. The van der Waals surface area contributed by atoms with Gasteiger partial charge < -0.3 is 10.4 Å². The zero-order chi connectivity index (χ0) is 12.3. The van der Waals surface area contributed by atoms with Crippen molar-refractivity contribution < 1.29 is 5.11 Å². The van der Waals surface area contributed by atoms with Crippen LogP contribution in [0.3, 0.4) is 0 Å². The van der Waals surface area contributed by atoms with Crippen molar-refractivity contribution in [2.24, 2.45) is 11.8 Å². The van der Waals surface area contributed by atoms with E-state index in [4.69, 9.17) is 0 Å². The van der Waals surface area contributed by atoms with Gasteiger partial charge in [0.2, 0.25) is 0 Å². The molecular weight excluding hydrogens is 230 g/mol. The van der Waals surface area contributed by atoms with Crippen LogP contribution in [0, 0.1) is 11.8 Å². The number of aliphatic hydroxyl groups excluding tert-OH is 1. The van der Waals surface area contributed by atoms with Gasteiger partial charge in [-0.2, -0.15) is 0 Å². The first-order valence-corrected chi connectivity index (χ1v) is 7.55. The predicted molar refractivity (Wildman–Crippen MR) is 73.2 cm³/mol. The molecule has 0 saturated heterocycles. The van der Waals surface area contributed by atoms with Gasteiger partial charge in [0.15, 0.2) is 0 Å². The van der Waals surface area contributed by atoms with E-state index in [0.717, 1.165) is 16.7 Å². The fraction of sp³-hybridized carbons (Fsp3) is 0.714. The quantitative estimate of drug-likeness (QED) is 0.844. The van der Waals surface area contributed by atoms with Crippen molar-refractivity contribution in [3.05, 3.63) is 22.4 Å². The lowest BCUT2D eigenvalue weighted by molar-refractivity contribution is 0.168. The minimum absolute atomic E-state index is 0.345. The molecule has 2 N–H and O–H groups in total. The Kier molecular flexibility index (Phi) is 4.60. The Hall–Kier alpha value is -0.380. The van der Waals surface area contributed by atoms with Crippen molar-refractivity contribution in [3.63, 3.8) is 0 Å². The van der Waals surface area contributed by atoms with Crippen molar-refractivity contribution in [2.75, 3.05) is 6.54 Å². The van der Waals surface area contributed by atoms with E-state index in [2.05, 4.69) is 19.2 Å². The molecule has 1 aromatic rings. The summed E-state index contributed by atoms with van der Waals surface area (Å²) < 4.78 is 0. The van der Waals surface area contributed by atoms with Gasteiger partial charge in [-0.3, -0.25) is 0 Å². The number of thiophene rings is 1. The van der Waals surface area contributed by atoms with Crippen LogP contribution >= 0.6 is 11.3 Å². The third-order valence-electron chi connectivity index (χ3n) is 4.20. The van der Waals surface area contributed by atoms with Gasteiger partial charge in [0, 0.05) is 17.5 Å². The zero-order valence-corrected chi connectivity index (χ0v) is 11.5. The molecule has 0 aliphatic heterocycles. The van der Waals surface area contributed by atoms with E-state index in [1.54, 1.807) is 11.3 Å². The summed E-state index contributed by atoms with van der Waals surface area (Å²) in [5.74, 6) is 1.61. The van der Waals surface area contributed by atoms with E-state index in [1.165, 1.54) is 19.3 Å². The molecule has 1 heterocycles. The van der Waals surface area contributed by atoms with Crippen molar-refractivity contribution >= 4 is 11.3 Å². The minimum Gasteiger partial charge on any atom is -0.386 e. The van der Waals surface area contributed by atoms with Gasteiger partial charge >= 0.3 is 0 Å². The lowest BCUT2D eigenvalue weighted by Gasteiger charge is -2.22. The minimum atomic E-state index is -0.345. The van der Waals surface area contributed by atoms with Gasteiger partial charge in [-0.15, -0.1) is 11.3 Å². The van der Waals surface area contributed by atoms with Crippen molar-refractivity contribution in [3.8, 4) is 0 Å². The summed E-state index contributed by atoms with van der Waals surface area (Å²) in [5, 5.41) is 15.6. The highest BCUT2D eigenvalue weighted by Crippen LogP contribution is 2.34. The van der Waals surface area contributed by atoms with Crippen LogP contribution in [0.25, 0.3) is 0 Å². The Labute approximate surface area is 108 Å². The van der Waals surface area contributed by atoms with E-state index < -0.39 is 0 Å². The first-order chi connectivity index (χ1) is 8.22. The van der Waals surface area contributed by atoms with Gasteiger partial charge in [-0.25, -0.2) is 0 Å². The zero-order valence-electron chi connectivity index (χ0n) is 10.7. The van der Waals surface area contributed by atoms with E-state index >= 15 is 0 Å². The molecule has 4 atom stereocenters. The molecule has 2 rings (SSSR count). The van der Waals surface area contributed by atoms with Gasteiger partial charge in [0.25, 0.3) is 0 Å². The molecule has 0 radical (unpaired) electrons. The van der Waals surface area contributed by atoms with Gasteiger partial charge in [-0.05, 0) is 36.1 Å². The molecule has 0 spiro atoms. The fourth-order valence-corrected chi connectivity index (χ4v) is 3.67. The second kappa shape index (κ2) is 5.98. The second-order valence-corrected chi connectivity index (χ2v) is 6.13. The number of nitrogens with one attached hydrogen (secondary N) is 1. The molecule has 1 aliphatic carbocycles. The molecule has 0 amide bonds. The van der Waals surface area contributed by atoms with E-state index in [1.807, 2.05) is 17.5 Å². The highest BCUT2D eigenvalue weighted by Gasteiger charge is 2.31.